The van der Waals surface area contributed by atoms with Gasteiger partial charge in [-0.05, 0) is 61.8 Å². The van der Waals surface area contributed by atoms with E-state index in [4.69, 9.17) is 21.7 Å². The van der Waals surface area contributed by atoms with Crippen molar-refractivity contribution in [1.82, 2.24) is 10.6 Å². The molecule has 1 heterocycles. The summed E-state index contributed by atoms with van der Waals surface area (Å²) in [6, 6.07) is 15.6. The minimum atomic E-state index is -0.206. The summed E-state index contributed by atoms with van der Waals surface area (Å²) in [5.74, 6) is 0.628. The highest BCUT2D eigenvalue weighted by atomic mass is 32.1. The lowest BCUT2D eigenvalue weighted by atomic mass is 9.74. The predicted octanol–water partition coefficient (Wildman–Crippen LogP) is 3.36. The fraction of sp³-hybridized carbons (Fsp3) is 0.364. The summed E-state index contributed by atoms with van der Waals surface area (Å²) in [6.45, 7) is 4.03. The van der Waals surface area contributed by atoms with Crippen LogP contribution in [0, 0.1) is 6.92 Å². The highest BCUT2D eigenvalue weighted by molar-refractivity contribution is 7.80. The van der Waals surface area contributed by atoms with E-state index in [1.807, 2.05) is 31.2 Å². The van der Waals surface area contributed by atoms with Gasteiger partial charge in [0.1, 0.15) is 5.75 Å². The number of nitrogens with one attached hydrogen (secondary N) is 2. The molecule has 0 spiro atoms. The second-order valence-electron chi connectivity index (χ2n) is 7.12. The molecule has 0 atom stereocenters. The van der Waals surface area contributed by atoms with E-state index in [-0.39, 0.29) is 11.3 Å². The average molecular weight is 399 g/mol. The molecule has 1 saturated heterocycles. The van der Waals surface area contributed by atoms with Gasteiger partial charge in [-0.15, -0.1) is 0 Å². The Morgan fingerprint density at radius 1 is 1.11 bits per heavy atom. The molecule has 3 rings (SSSR count). The van der Waals surface area contributed by atoms with Crippen molar-refractivity contribution in [2.45, 2.75) is 25.2 Å². The van der Waals surface area contributed by atoms with Gasteiger partial charge in [-0.2, -0.15) is 0 Å². The van der Waals surface area contributed by atoms with Gasteiger partial charge in [0, 0.05) is 30.7 Å². The molecule has 2 aromatic carbocycles. The van der Waals surface area contributed by atoms with E-state index in [2.05, 4.69) is 22.8 Å². The second-order valence-corrected chi connectivity index (χ2v) is 7.53. The van der Waals surface area contributed by atoms with E-state index in [1.54, 1.807) is 19.2 Å². The molecule has 0 saturated carbocycles. The number of carbonyl (C=O) groups is 1. The first kappa shape index (κ1) is 20.3. The van der Waals surface area contributed by atoms with E-state index in [9.17, 15) is 4.79 Å². The lowest BCUT2D eigenvalue weighted by Gasteiger charge is -2.38. The molecule has 0 bridgehead atoms. The lowest BCUT2D eigenvalue weighted by molar-refractivity contribution is 0.0514. The van der Waals surface area contributed by atoms with E-state index in [0.717, 1.165) is 24.2 Å². The molecule has 5 nitrogen and oxygen atoms in total. The van der Waals surface area contributed by atoms with Crippen LogP contribution in [-0.4, -0.2) is 37.9 Å². The third-order valence-electron chi connectivity index (χ3n) is 5.28. The molecule has 1 fully saturated rings. The minimum Gasteiger partial charge on any atom is -0.497 e. The number of thiocarbonyl (C=S) groups is 1. The van der Waals surface area contributed by atoms with Crippen LogP contribution < -0.4 is 15.4 Å². The minimum absolute atomic E-state index is 0.0941. The molecule has 0 radical (unpaired) electrons. The maximum atomic E-state index is 12.4. The Morgan fingerprint density at radius 3 is 2.36 bits per heavy atom. The summed E-state index contributed by atoms with van der Waals surface area (Å²) in [5.41, 5.74) is 2.82. The Kier molecular flexibility index (Phi) is 6.65. The fourth-order valence-electron chi connectivity index (χ4n) is 3.45. The van der Waals surface area contributed by atoms with E-state index >= 15 is 0 Å². The normalized spacial score (nSPS) is 15.5. The third-order valence-corrected chi connectivity index (χ3v) is 5.53. The first-order valence-electron chi connectivity index (χ1n) is 9.40. The molecule has 0 unspecified atom stereocenters. The molecule has 0 aromatic heterocycles. The largest absolute Gasteiger partial charge is 0.497 e. The zero-order valence-corrected chi connectivity index (χ0v) is 17.1. The van der Waals surface area contributed by atoms with Crippen LogP contribution in [0.15, 0.2) is 48.5 Å². The number of amides is 1. The second kappa shape index (κ2) is 9.17. The van der Waals surface area contributed by atoms with Crippen molar-refractivity contribution in [2.24, 2.45) is 0 Å². The van der Waals surface area contributed by atoms with Crippen LogP contribution in [0.5, 0.6) is 5.75 Å². The van der Waals surface area contributed by atoms with Crippen molar-refractivity contribution >= 4 is 23.2 Å². The third kappa shape index (κ3) is 4.88. The molecule has 2 aromatic rings. The Labute approximate surface area is 171 Å². The van der Waals surface area contributed by atoms with Crippen LogP contribution in [0.25, 0.3) is 0 Å². The molecule has 28 heavy (non-hydrogen) atoms. The van der Waals surface area contributed by atoms with Crippen molar-refractivity contribution in [3.05, 3.63) is 65.2 Å². The summed E-state index contributed by atoms with van der Waals surface area (Å²) < 4.78 is 10.8. The fourth-order valence-corrected chi connectivity index (χ4v) is 3.61. The molecular formula is C22H26N2O3S. The summed E-state index contributed by atoms with van der Waals surface area (Å²) >= 11 is 5.37. The van der Waals surface area contributed by atoms with Gasteiger partial charge in [0.25, 0.3) is 5.91 Å². The molecule has 0 aliphatic carbocycles. The van der Waals surface area contributed by atoms with Crippen LogP contribution in [0.2, 0.25) is 0 Å². The number of hydrogen-bond donors (Lipinski definition) is 2. The Bertz CT molecular complexity index is 813. The van der Waals surface area contributed by atoms with Gasteiger partial charge in [0.05, 0.1) is 7.11 Å². The zero-order chi connectivity index (χ0) is 20.0. The van der Waals surface area contributed by atoms with Crippen molar-refractivity contribution in [1.29, 1.82) is 0 Å². The number of hydrogen-bond acceptors (Lipinski definition) is 4. The summed E-state index contributed by atoms with van der Waals surface area (Å²) in [6.07, 6.45) is 1.78. The van der Waals surface area contributed by atoms with Gasteiger partial charge >= 0.3 is 0 Å². The van der Waals surface area contributed by atoms with Crippen LogP contribution in [-0.2, 0) is 10.2 Å². The van der Waals surface area contributed by atoms with Gasteiger partial charge in [-0.25, -0.2) is 0 Å². The van der Waals surface area contributed by atoms with Crippen LogP contribution in [0.4, 0.5) is 0 Å². The molecule has 148 valence electrons. The SMILES string of the molecule is COc1ccc(C2(CNC(=S)NC(=O)c3ccc(C)cc3)CCOCC2)cc1. The predicted molar refractivity (Wildman–Crippen MR) is 114 cm³/mol. The smallest absolute Gasteiger partial charge is 0.257 e. The number of methoxy groups -OCH3 is 1. The highest BCUT2D eigenvalue weighted by Gasteiger charge is 2.34. The van der Waals surface area contributed by atoms with Gasteiger partial charge in [0.15, 0.2) is 5.11 Å². The number of carbonyl (C=O) groups excluding carboxylic acids is 1. The van der Waals surface area contributed by atoms with Crippen LogP contribution >= 0.6 is 12.2 Å². The Balaban J connectivity index is 1.65. The maximum absolute atomic E-state index is 12.4. The number of aryl methyl sites for hydroxylation is 1. The lowest BCUT2D eigenvalue weighted by Crippen LogP contribution is -2.48. The number of rotatable bonds is 5. The van der Waals surface area contributed by atoms with Gasteiger partial charge < -0.3 is 14.8 Å². The molecule has 1 amide bonds. The van der Waals surface area contributed by atoms with Crippen molar-refractivity contribution < 1.29 is 14.3 Å². The van der Waals surface area contributed by atoms with Gasteiger partial charge in [-0.1, -0.05) is 29.8 Å². The van der Waals surface area contributed by atoms with Crippen LogP contribution in [0.3, 0.4) is 0 Å². The Hall–Kier alpha value is -2.44. The number of ether oxygens (including phenoxy) is 2. The molecule has 1 aliphatic heterocycles. The van der Waals surface area contributed by atoms with Crippen LogP contribution in [0.1, 0.15) is 34.3 Å². The summed E-state index contributed by atoms with van der Waals surface area (Å²) in [7, 11) is 1.66. The monoisotopic (exact) mass is 398 g/mol. The average Bonchev–Trinajstić information content (AvgIpc) is 2.73. The van der Waals surface area contributed by atoms with Crippen molar-refractivity contribution in [3.8, 4) is 5.75 Å². The topological polar surface area (TPSA) is 59.6 Å². The van der Waals surface area contributed by atoms with Gasteiger partial charge in [-0.3, -0.25) is 10.1 Å². The van der Waals surface area contributed by atoms with E-state index in [1.165, 1.54) is 5.56 Å². The number of benzene rings is 2. The maximum Gasteiger partial charge on any atom is 0.257 e. The van der Waals surface area contributed by atoms with Crippen molar-refractivity contribution in [3.63, 3.8) is 0 Å². The highest BCUT2D eigenvalue weighted by Crippen LogP contribution is 2.35. The standard InChI is InChI=1S/C22H26N2O3S/c1-16-3-5-17(6-4-16)20(25)24-21(28)23-15-22(11-13-27-14-12-22)18-7-9-19(26-2)10-8-18/h3-10H,11-15H2,1-2H3,(H2,23,24,25,28). The first-order valence-corrected chi connectivity index (χ1v) is 9.81. The summed E-state index contributed by atoms with van der Waals surface area (Å²) in [4.78, 5) is 12.4. The molecule has 2 N–H and O–H groups in total. The Morgan fingerprint density at radius 2 is 1.75 bits per heavy atom. The summed E-state index contributed by atoms with van der Waals surface area (Å²) in [5, 5.41) is 6.36. The molecule has 6 heteroatoms. The quantitative estimate of drug-likeness (QED) is 0.757. The first-order chi connectivity index (χ1) is 13.5. The van der Waals surface area contributed by atoms with Crippen molar-refractivity contribution in [2.75, 3.05) is 26.9 Å². The molecular weight excluding hydrogens is 372 g/mol. The van der Waals surface area contributed by atoms with E-state index in [0.29, 0.717) is 30.4 Å². The van der Waals surface area contributed by atoms with Gasteiger partial charge in [0.2, 0.25) is 0 Å². The molecule has 1 aliphatic rings. The zero-order valence-electron chi connectivity index (χ0n) is 16.3. The van der Waals surface area contributed by atoms with E-state index < -0.39 is 0 Å².